The minimum Gasteiger partial charge on any atom is -1.00 e. The number of aliphatic hydroxyl groups is 1. The lowest BCUT2D eigenvalue weighted by Crippen LogP contribution is -3.00. The predicted octanol–water partition coefficient (Wildman–Crippen LogP) is 8.76. The molecule has 0 aromatic carbocycles. The third-order valence-electron chi connectivity index (χ3n) is 9.95. The molecule has 1 aliphatic rings. The van der Waals surface area contributed by atoms with Gasteiger partial charge in [0.2, 0.25) is 5.84 Å². The Bertz CT molecular complexity index is 813. The molecule has 288 valence electrons. The number of ether oxygens (including phenoxy) is 1. The van der Waals surface area contributed by atoms with Gasteiger partial charge in [-0.3, -0.25) is 14.7 Å². The Morgan fingerprint density at radius 1 is 0.673 bits per heavy atom. The average molecular weight is 710 g/mol. The zero-order valence-electron chi connectivity index (χ0n) is 32.5. The molecule has 1 aliphatic heterocycles. The molecule has 0 aromatic rings. The summed E-state index contributed by atoms with van der Waals surface area (Å²) in [5, 5.41) is 13.3. The maximum atomic E-state index is 12.3. The van der Waals surface area contributed by atoms with Crippen molar-refractivity contribution in [3.05, 3.63) is 24.3 Å². The summed E-state index contributed by atoms with van der Waals surface area (Å²) in [6, 6.07) is 0.300. The third-order valence-corrected chi connectivity index (χ3v) is 9.95. The Hall–Kier alpha value is -1.33. The number of nitrogens with one attached hydrogen (secondary N) is 1. The van der Waals surface area contributed by atoms with Gasteiger partial charge in [0, 0.05) is 19.3 Å². The van der Waals surface area contributed by atoms with Crippen LogP contribution in [0.15, 0.2) is 24.3 Å². The smallest absolute Gasteiger partial charge is 0.305 e. The van der Waals surface area contributed by atoms with Gasteiger partial charge in [0.05, 0.1) is 13.2 Å². The minimum atomic E-state index is -0.0549. The van der Waals surface area contributed by atoms with E-state index in [2.05, 4.69) is 48.0 Å². The summed E-state index contributed by atoms with van der Waals surface area (Å²) in [5.41, 5.74) is 0. The first-order valence-electron chi connectivity index (χ1n) is 21.2. The SMILES string of the molecule is CCCCCCCC/C=C\CCCCCCCCC1=[N+](CCO)C(CCOC(=O)CCCCCCC/C=C\CCCCCCCC)CN1.[Cl-]. The summed E-state index contributed by atoms with van der Waals surface area (Å²) >= 11 is 0. The number of unbranched alkanes of at least 4 members (excludes halogenated alkanes) is 23. The first-order valence-corrected chi connectivity index (χ1v) is 21.2. The number of amidine groups is 1. The molecule has 2 N–H and O–H groups in total. The number of carbonyl (C=O) groups excluding carboxylic acids is 1. The van der Waals surface area contributed by atoms with E-state index in [9.17, 15) is 9.90 Å². The van der Waals surface area contributed by atoms with Crippen molar-refractivity contribution in [1.82, 2.24) is 5.32 Å². The van der Waals surface area contributed by atoms with Gasteiger partial charge in [0.1, 0.15) is 19.1 Å². The highest BCUT2D eigenvalue weighted by Gasteiger charge is 2.30. The maximum Gasteiger partial charge on any atom is 0.305 e. The molecule has 49 heavy (non-hydrogen) atoms. The van der Waals surface area contributed by atoms with Gasteiger partial charge in [-0.15, -0.1) is 0 Å². The fourth-order valence-electron chi connectivity index (χ4n) is 6.84. The highest BCUT2D eigenvalue weighted by atomic mass is 35.5. The molecule has 0 radical (unpaired) electrons. The van der Waals surface area contributed by atoms with Crippen molar-refractivity contribution in [3.8, 4) is 0 Å². The summed E-state index contributed by atoms with van der Waals surface area (Å²) in [6.45, 7) is 6.72. The van der Waals surface area contributed by atoms with E-state index in [1.165, 1.54) is 166 Å². The van der Waals surface area contributed by atoms with Gasteiger partial charge in [-0.2, -0.15) is 0 Å². The summed E-state index contributed by atoms with van der Waals surface area (Å²) in [5.74, 6) is 1.21. The van der Waals surface area contributed by atoms with Gasteiger partial charge < -0.3 is 22.3 Å². The quantitative estimate of drug-likeness (QED) is 0.0296. The largest absolute Gasteiger partial charge is 1.00 e. The third kappa shape index (κ3) is 30.0. The lowest BCUT2D eigenvalue weighted by atomic mass is 10.1. The van der Waals surface area contributed by atoms with E-state index in [0.717, 1.165) is 32.2 Å². The first kappa shape index (κ1) is 47.7. The maximum absolute atomic E-state index is 12.3. The van der Waals surface area contributed by atoms with Gasteiger partial charge in [0.15, 0.2) is 0 Å². The lowest BCUT2D eigenvalue weighted by molar-refractivity contribution is -0.559. The number of hydrogen-bond donors (Lipinski definition) is 2. The van der Waals surface area contributed by atoms with Crippen LogP contribution in [0.2, 0.25) is 0 Å². The molecule has 1 unspecified atom stereocenters. The fourth-order valence-corrected chi connectivity index (χ4v) is 6.84. The van der Waals surface area contributed by atoms with E-state index in [0.29, 0.717) is 25.6 Å². The number of nitrogens with zero attached hydrogens (tertiary/aromatic N) is 1. The molecule has 0 saturated heterocycles. The standard InChI is InChI=1S/C43H80N2O3.ClH/c1-3-5-7-9-11-13-15-17-19-21-22-24-26-28-30-32-34-42-44-40-41(45(42)37-38-46)36-39-48-43(47)35-33-31-29-27-25-23-20-18-16-14-12-10-8-6-4-2;/h17-20,41,46H,3-16,21-40H2,1-2H3;1H/b19-17-,20-18-;. The molecule has 0 bridgehead atoms. The topological polar surface area (TPSA) is 61.6 Å². The number of esters is 1. The molecule has 1 heterocycles. The number of aliphatic hydroxyl groups excluding tert-OH is 1. The van der Waals surface area contributed by atoms with Crippen LogP contribution in [0.25, 0.3) is 0 Å². The van der Waals surface area contributed by atoms with Crippen molar-refractivity contribution in [1.29, 1.82) is 0 Å². The van der Waals surface area contributed by atoms with Crippen LogP contribution in [-0.4, -0.2) is 53.8 Å². The first-order chi connectivity index (χ1) is 23.7. The van der Waals surface area contributed by atoms with Gasteiger partial charge >= 0.3 is 5.97 Å². The second-order valence-electron chi connectivity index (χ2n) is 14.4. The molecule has 0 saturated carbocycles. The normalized spacial score (nSPS) is 14.6. The molecule has 0 aliphatic carbocycles. The van der Waals surface area contributed by atoms with Crippen molar-refractivity contribution >= 4 is 11.8 Å². The zero-order chi connectivity index (χ0) is 34.6. The second-order valence-corrected chi connectivity index (χ2v) is 14.4. The highest BCUT2D eigenvalue weighted by Crippen LogP contribution is 2.14. The molecular formula is C43H81ClN2O3. The second kappa shape index (κ2) is 37.9. The molecule has 5 nitrogen and oxygen atoms in total. The Balaban J connectivity index is 0.0000230. The van der Waals surface area contributed by atoms with E-state index < -0.39 is 0 Å². The minimum absolute atomic E-state index is 0. The molecule has 0 spiro atoms. The van der Waals surface area contributed by atoms with Crippen molar-refractivity contribution < 1.29 is 31.6 Å². The number of allylic oxidation sites excluding steroid dienone is 4. The van der Waals surface area contributed by atoms with Crippen LogP contribution in [0.1, 0.15) is 206 Å². The Morgan fingerprint density at radius 2 is 1.10 bits per heavy atom. The lowest BCUT2D eigenvalue weighted by Gasteiger charge is -2.12. The summed E-state index contributed by atoms with van der Waals surface area (Å²) in [7, 11) is 0. The van der Waals surface area contributed by atoms with E-state index in [-0.39, 0.29) is 25.0 Å². The van der Waals surface area contributed by atoms with Crippen LogP contribution in [0.4, 0.5) is 0 Å². The van der Waals surface area contributed by atoms with Gasteiger partial charge in [-0.25, -0.2) is 0 Å². The van der Waals surface area contributed by atoms with Gasteiger partial charge in [0.25, 0.3) is 0 Å². The number of β-amino-alcohol motifs (C(OH)–C–C–N with tert-alkyl or cyclic N) is 1. The average Bonchev–Trinajstić information content (AvgIpc) is 3.47. The molecule has 0 aromatic heterocycles. The fraction of sp³-hybridized carbons (Fsp3) is 0.860. The molecule has 0 amide bonds. The number of carbonyl (C=O) groups is 1. The molecule has 1 atom stereocenters. The Morgan fingerprint density at radius 3 is 1.57 bits per heavy atom. The van der Waals surface area contributed by atoms with Gasteiger partial charge in [-0.05, 0) is 64.2 Å². The molecule has 1 rings (SSSR count). The van der Waals surface area contributed by atoms with Gasteiger partial charge in [-0.1, -0.05) is 147 Å². The van der Waals surface area contributed by atoms with E-state index in [4.69, 9.17) is 4.74 Å². The van der Waals surface area contributed by atoms with E-state index in [1.807, 2.05) is 0 Å². The molecular weight excluding hydrogens is 628 g/mol. The van der Waals surface area contributed by atoms with Crippen LogP contribution >= 0.6 is 0 Å². The monoisotopic (exact) mass is 709 g/mol. The Kier molecular flexibility index (Phi) is 36.9. The van der Waals surface area contributed by atoms with Crippen LogP contribution < -0.4 is 17.7 Å². The number of rotatable bonds is 36. The van der Waals surface area contributed by atoms with Crippen molar-refractivity contribution in [2.75, 3.05) is 26.3 Å². The number of hydrogen-bond acceptors (Lipinski definition) is 4. The zero-order valence-corrected chi connectivity index (χ0v) is 33.3. The highest BCUT2D eigenvalue weighted by molar-refractivity contribution is 5.78. The van der Waals surface area contributed by atoms with Crippen molar-refractivity contribution in [2.24, 2.45) is 0 Å². The number of halogens is 1. The van der Waals surface area contributed by atoms with E-state index >= 15 is 0 Å². The summed E-state index contributed by atoms with van der Waals surface area (Å²) < 4.78 is 7.93. The molecule has 0 fully saturated rings. The van der Waals surface area contributed by atoms with Crippen molar-refractivity contribution in [2.45, 2.75) is 213 Å². The van der Waals surface area contributed by atoms with Crippen LogP contribution in [0, 0.1) is 0 Å². The van der Waals surface area contributed by atoms with Crippen LogP contribution in [0.5, 0.6) is 0 Å². The van der Waals surface area contributed by atoms with Crippen LogP contribution in [-0.2, 0) is 9.53 Å². The summed E-state index contributed by atoms with van der Waals surface area (Å²) in [4.78, 5) is 12.3. The predicted molar refractivity (Wildman–Crippen MR) is 208 cm³/mol. The molecule has 6 heteroatoms. The van der Waals surface area contributed by atoms with E-state index in [1.54, 1.807) is 0 Å². The summed E-state index contributed by atoms with van der Waals surface area (Å²) in [6.07, 6.45) is 46.9. The van der Waals surface area contributed by atoms with Crippen molar-refractivity contribution in [3.63, 3.8) is 0 Å². The Labute approximate surface area is 311 Å². The van der Waals surface area contributed by atoms with Crippen LogP contribution in [0.3, 0.4) is 0 Å².